The molecule has 8 heteroatoms. The van der Waals surface area contributed by atoms with E-state index in [1.807, 2.05) is 25.5 Å². The van der Waals surface area contributed by atoms with E-state index in [9.17, 15) is 9.32 Å². The third-order valence-corrected chi connectivity index (χ3v) is 8.02. The lowest BCUT2D eigenvalue weighted by Gasteiger charge is -2.41. The molecule has 2 fully saturated rings. The van der Waals surface area contributed by atoms with Crippen molar-refractivity contribution in [2.75, 3.05) is 36.2 Å². The molecule has 0 saturated heterocycles. The maximum absolute atomic E-state index is 12.5. The van der Waals surface area contributed by atoms with Crippen LogP contribution < -0.4 is 10.2 Å². The Labute approximate surface area is 173 Å². The normalized spacial score (nSPS) is 26.5. The van der Waals surface area contributed by atoms with Gasteiger partial charge in [0.2, 0.25) is 5.95 Å². The zero-order valence-corrected chi connectivity index (χ0v) is 17.5. The molecule has 2 aromatic heterocycles. The summed E-state index contributed by atoms with van der Waals surface area (Å²) in [7, 11) is 0.960. The first-order valence-corrected chi connectivity index (χ1v) is 11.7. The summed E-state index contributed by atoms with van der Waals surface area (Å²) >= 11 is 0. The van der Waals surface area contributed by atoms with E-state index < -0.39 is 10.8 Å². The molecule has 0 aromatic carbocycles. The molecule has 0 spiro atoms. The second-order valence-corrected chi connectivity index (χ2v) is 10.1. The third kappa shape index (κ3) is 3.53. The van der Waals surface area contributed by atoms with Crippen LogP contribution in [0.5, 0.6) is 0 Å². The number of aromatic nitrogens is 3. The van der Waals surface area contributed by atoms with E-state index >= 15 is 0 Å². The molecular weight excluding hydrogens is 386 g/mol. The molecule has 0 radical (unpaired) electrons. The lowest BCUT2D eigenvalue weighted by atomic mass is 9.77. The summed E-state index contributed by atoms with van der Waals surface area (Å²) in [6.07, 6.45) is 8.56. The third-order valence-electron chi connectivity index (χ3n) is 6.56. The van der Waals surface area contributed by atoms with Crippen LogP contribution in [0.4, 0.5) is 11.8 Å². The van der Waals surface area contributed by atoms with Crippen molar-refractivity contribution in [3.8, 4) is 0 Å². The van der Waals surface area contributed by atoms with Crippen LogP contribution in [0.25, 0.3) is 0 Å². The molecule has 1 aliphatic heterocycles. The Balaban J connectivity index is 1.36. The second-order valence-electron chi connectivity index (χ2n) is 8.63. The minimum absolute atomic E-state index is 0.0679. The Kier molecular flexibility index (Phi) is 4.78. The van der Waals surface area contributed by atoms with Crippen molar-refractivity contribution in [2.45, 2.75) is 48.5 Å². The van der Waals surface area contributed by atoms with E-state index in [1.165, 1.54) is 5.56 Å². The number of fused-ring (bicyclic) bond motifs is 1. The van der Waals surface area contributed by atoms with Crippen LogP contribution in [0.2, 0.25) is 0 Å². The van der Waals surface area contributed by atoms with Gasteiger partial charge in [-0.05, 0) is 49.1 Å². The SMILES string of the molecule is CN(C[C@@H]1C[C@H]1c1cccnc1)c1nc2c(c(NC3(CO)CCC3)n1)[S@](=O)CC2. The van der Waals surface area contributed by atoms with E-state index in [4.69, 9.17) is 9.97 Å². The van der Waals surface area contributed by atoms with E-state index in [0.717, 1.165) is 42.8 Å². The molecule has 5 rings (SSSR count). The maximum atomic E-state index is 12.5. The predicted molar refractivity (Wildman–Crippen MR) is 113 cm³/mol. The monoisotopic (exact) mass is 413 g/mol. The Hall–Kier alpha value is -2.06. The second kappa shape index (κ2) is 7.32. The lowest BCUT2D eigenvalue weighted by molar-refractivity contribution is 0.143. The van der Waals surface area contributed by atoms with Crippen LogP contribution in [0.15, 0.2) is 29.4 Å². The van der Waals surface area contributed by atoms with Gasteiger partial charge in [0.1, 0.15) is 10.7 Å². The average molecular weight is 414 g/mol. The minimum Gasteiger partial charge on any atom is -0.394 e. The Morgan fingerprint density at radius 1 is 1.38 bits per heavy atom. The highest BCUT2D eigenvalue weighted by atomic mass is 32.2. The van der Waals surface area contributed by atoms with Crippen LogP contribution in [0.3, 0.4) is 0 Å². The summed E-state index contributed by atoms with van der Waals surface area (Å²) in [4.78, 5) is 16.6. The molecule has 154 valence electrons. The molecule has 2 aromatic rings. The summed E-state index contributed by atoms with van der Waals surface area (Å²) in [5.41, 5.74) is 1.86. The molecule has 0 amide bonds. The van der Waals surface area contributed by atoms with Gasteiger partial charge in [0.05, 0.1) is 28.6 Å². The number of hydrogen-bond acceptors (Lipinski definition) is 7. The van der Waals surface area contributed by atoms with E-state index in [0.29, 0.717) is 35.8 Å². The fourth-order valence-electron chi connectivity index (χ4n) is 4.50. The van der Waals surface area contributed by atoms with Gasteiger partial charge in [-0.25, -0.2) is 4.98 Å². The van der Waals surface area contributed by atoms with Crippen molar-refractivity contribution in [1.82, 2.24) is 15.0 Å². The Morgan fingerprint density at radius 2 is 2.24 bits per heavy atom. The molecule has 3 heterocycles. The van der Waals surface area contributed by atoms with Gasteiger partial charge in [-0.3, -0.25) is 9.19 Å². The van der Waals surface area contributed by atoms with Gasteiger partial charge < -0.3 is 15.3 Å². The zero-order chi connectivity index (χ0) is 20.0. The number of nitrogens with one attached hydrogen (secondary N) is 1. The lowest BCUT2D eigenvalue weighted by Crippen LogP contribution is -2.48. The molecule has 7 nitrogen and oxygen atoms in total. The van der Waals surface area contributed by atoms with Crippen molar-refractivity contribution < 1.29 is 9.32 Å². The van der Waals surface area contributed by atoms with Crippen molar-refractivity contribution in [1.29, 1.82) is 0 Å². The first-order valence-electron chi connectivity index (χ1n) is 10.4. The van der Waals surface area contributed by atoms with Crippen LogP contribution >= 0.6 is 0 Å². The number of rotatable bonds is 7. The quantitative estimate of drug-likeness (QED) is 0.718. The van der Waals surface area contributed by atoms with Gasteiger partial charge in [0.15, 0.2) is 0 Å². The Bertz CT molecular complexity index is 929. The number of aliphatic hydroxyl groups is 1. The number of pyridine rings is 1. The molecule has 0 bridgehead atoms. The molecule has 2 saturated carbocycles. The number of nitrogens with zero attached hydrogens (tertiary/aromatic N) is 4. The summed E-state index contributed by atoms with van der Waals surface area (Å²) < 4.78 is 12.5. The van der Waals surface area contributed by atoms with Crippen LogP contribution in [-0.4, -0.2) is 55.8 Å². The highest BCUT2D eigenvalue weighted by Crippen LogP contribution is 2.47. The molecule has 3 aliphatic rings. The maximum Gasteiger partial charge on any atom is 0.227 e. The van der Waals surface area contributed by atoms with Crippen LogP contribution in [-0.2, 0) is 17.2 Å². The van der Waals surface area contributed by atoms with Gasteiger partial charge in [0.25, 0.3) is 0 Å². The summed E-state index contributed by atoms with van der Waals surface area (Å²) in [6, 6.07) is 4.14. The van der Waals surface area contributed by atoms with Crippen molar-refractivity contribution >= 4 is 22.6 Å². The molecule has 29 heavy (non-hydrogen) atoms. The van der Waals surface area contributed by atoms with Crippen molar-refractivity contribution in [3.63, 3.8) is 0 Å². The van der Waals surface area contributed by atoms with Gasteiger partial charge >= 0.3 is 0 Å². The minimum atomic E-state index is -1.07. The molecular formula is C21H27N5O2S. The van der Waals surface area contributed by atoms with E-state index in [1.54, 1.807) is 0 Å². The first-order chi connectivity index (χ1) is 14.1. The fourth-order valence-corrected chi connectivity index (χ4v) is 5.81. The molecule has 3 atom stereocenters. The van der Waals surface area contributed by atoms with Crippen molar-refractivity contribution in [2.24, 2.45) is 5.92 Å². The zero-order valence-electron chi connectivity index (χ0n) is 16.7. The van der Waals surface area contributed by atoms with Gasteiger partial charge in [-0.15, -0.1) is 0 Å². The smallest absolute Gasteiger partial charge is 0.227 e. The standard InChI is InChI=1S/C21H27N5O2S/c1-26(12-15-10-16(15)14-4-2-8-22-11-14)20-23-17-5-9-29(28)18(17)19(24-20)25-21(13-27)6-3-7-21/h2,4,8,11,15-16,27H,3,5-7,9-10,12-13H2,1H3,(H,23,24,25)/t15-,16-,29+/m0/s1. The molecule has 2 N–H and O–H groups in total. The van der Waals surface area contributed by atoms with Crippen LogP contribution in [0, 0.1) is 5.92 Å². The highest BCUT2D eigenvalue weighted by molar-refractivity contribution is 7.85. The predicted octanol–water partition coefficient (Wildman–Crippen LogP) is 2.10. The highest BCUT2D eigenvalue weighted by Gasteiger charge is 2.41. The van der Waals surface area contributed by atoms with Crippen molar-refractivity contribution in [3.05, 3.63) is 35.8 Å². The van der Waals surface area contributed by atoms with Gasteiger partial charge in [-0.2, -0.15) is 4.98 Å². The summed E-state index contributed by atoms with van der Waals surface area (Å²) in [6.45, 7) is 0.949. The summed E-state index contributed by atoms with van der Waals surface area (Å²) in [5.74, 6) is 3.06. The topological polar surface area (TPSA) is 91.2 Å². The average Bonchev–Trinajstić information content (AvgIpc) is 3.38. The van der Waals surface area contributed by atoms with E-state index in [-0.39, 0.29) is 12.1 Å². The summed E-state index contributed by atoms with van der Waals surface area (Å²) in [5, 5.41) is 13.3. The molecule has 0 unspecified atom stereocenters. The van der Waals surface area contributed by atoms with Gasteiger partial charge in [0, 0.05) is 38.2 Å². The van der Waals surface area contributed by atoms with E-state index in [2.05, 4.69) is 21.3 Å². The number of aliphatic hydroxyl groups excluding tert-OH is 1. The Morgan fingerprint density at radius 3 is 2.93 bits per heavy atom. The largest absolute Gasteiger partial charge is 0.394 e. The first kappa shape index (κ1) is 18.9. The molecule has 2 aliphatic carbocycles. The fraction of sp³-hybridized carbons (Fsp3) is 0.571. The number of aryl methyl sites for hydroxylation is 1. The number of anilines is 2. The van der Waals surface area contributed by atoms with Crippen LogP contribution in [0.1, 0.15) is 42.9 Å². The number of hydrogen-bond donors (Lipinski definition) is 2. The van der Waals surface area contributed by atoms with Gasteiger partial charge in [-0.1, -0.05) is 6.07 Å².